The largest absolute Gasteiger partial charge is 0.377 e. The van der Waals surface area contributed by atoms with Gasteiger partial charge in [-0.25, -0.2) is 4.98 Å². The summed E-state index contributed by atoms with van der Waals surface area (Å²) in [7, 11) is 0. The van der Waals surface area contributed by atoms with Crippen molar-refractivity contribution in [1.29, 1.82) is 5.26 Å². The topological polar surface area (TPSA) is 103 Å². The molecule has 8 nitrogen and oxygen atoms in total. The van der Waals surface area contributed by atoms with E-state index >= 15 is 0 Å². The van der Waals surface area contributed by atoms with E-state index in [4.69, 9.17) is 9.72 Å². The molecule has 0 unspecified atom stereocenters. The first-order valence-corrected chi connectivity index (χ1v) is 10.5. The molecule has 0 bridgehead atoms. The van der Waals surface area contributed by atoms with E-state index in [0.29, 0.717) is 13.2 Å². The fourth-order valence-corrected chi connectivity index (χ4v) is 4.63. The van der Waals surface area contributed by atoms with E-state index in [2.05, 4.69) is 44.5 Å². The average molecular weight is 403 g/mol. The number of nitrogens with zero attached hydrogens (tertiary/aromatic N) is 5. The summed E-state index contributed by atoms with van der Waals surface area (Å²) in [6.45, 7) is 5.93. The zero-order chi connectivity index (χ0) is 20.6. The van der Waals surface area contributed by atoms with E-state index < -0.39 is 5.41 Å². The molecule has 0 saturated carbocycles. The number of hydrogen-bond donors (Lipinski definition) is 2. The van der Waals surface area contributed by atoms with Crippen LogP contribution in [0.3, 0.4) is 0 Å². The number of nitrogens with one attached hydrogen (secondary N) is 2. The molecule has 5 rings (SSSR count). The van der Waals surface area contributed by atoms with Crippen LogP contribution in [-0.2, 0) is 10.2 Å². The minimum Gasteiger partial charge on any atom is -0.377 e. The number of piperidine rings is 1. The molecule has 154 valence electrons. The van der Waals surface area contributed by atoms with Gasteiger partial charge >= 0.3 is 0 Å². The molecule has 2 N–H and O–H groups in total. The molecule has 3 aromatic rings. The van der Waals surface area contributed by atoms with Crippen LogP contribution >= 0.6 is 0 Å². The number of fused-ring (bicyclic) bond motifs is 1. The third kappa shape index (κ3) is 3.11. The highest BCUT2D eigenvalue weighted by molar-refractivity contribution is 5.94. The molecule has 0 aromatic carbocycles. The molecule has 1 atom stereocenters. The maximum Gasteiger partial charge on any atom is 0.130 e. The molecule has 0 radical (unpaired) electrons. The van der Waals surface area contributed by atoms with Crippen LogP contribution in [0.5, 0.6) is 0 Å². The summed E-state index contributed by atoms with van der Waals surface area (Å²) in [6, 6.07) is 8.91. The number of morpholine rings is 1. The molecule has 0 spiro atoms. The van der Waals surface area contributed by atoms with E-state index in [-0.39, 0.29) is 6.04 Å². The second kappa shape index (κ2) is 7.67. The highest BCUT2D eigenvalue weighted by atomic mass is 16.5. The Labute approximate surface area is 175 Å². The Morgan fingerprint density at radius 1 is 1.27 bits per heavy atom. The molecule has 2 aliphatic heterocycles. The van der Waals surface area contributed by atoms with E-state index in [0.717, 1.165) is 66.1 Å². The normalized spacial score (nSPS) is 21.5. The number of H-pyrrole nitrogens is 1. The van der Waals surface area contributed by atoms with Crippen molar-refractivity contribution in [3.8, 4) is 17.5 Å². The lowest BCUT2D eigenvalue weighted by Gasteiger charge is -2.37. The summed E-state index contributed by atoms with van der Waals surface area (Å²) in [5.41, 5.74) is 2.90. The molecule has 0 aliphatic carbocycles. The number of aromatic nitrogens is 4. The van der Waals surface area contributed by atoms with Crippen molar-refractivity contribution in [3.05, 3.63) is 36.2 Å². The SMILES string of the molecule is C[C@@H]1COCCN1c1cc(C2(C#N)CCNCC2)c2ccnc(-c3ccn[nH]3)c2n1. The van der Waals surface area contributed by atoms with Gasteiger partial charge < -0.3 is 15.0 Å². The first kappa shape index (κ1) is 19.0. The van der Waals surface area contributed by atoms with Crippen LogP contribution in [0, 0.1) is 11.3 Å². The Morgan fingerprint density at radius 3 is 2.87 bits per heavy atom. The highest BCUT2D eigenvalue weighted by Crippen LogP contribution is 2.40. The van der Waals surface area contributed by atoms with E-state index in [1.165, 1.54) is 0 Å². The fraction of sp³-hybridized carbons (Fsp3) is 0.455. The van der Waals surface area contributed by atoms with Gasteiger partial charge in [0, 0.05) is 24.3 Å². The van der Waals surface area contributed by atoms with Gasteiger partial charge in [0.1, 0.15) is 17.0 Å². The van der Waals surface area contributed by atoms with Crippen LogP contribution in [-0.4, -0.2) is 59.1 Å². The summed E-state index contributed by atoms with van der Waals surface area (Å²) in [4.78, 5) is 12.0. The Hall–Kier alpha value is -3.02. The summed E-state index contributed by atoms with van der Waals surface area (Å²) < 4.78 is 5.64. The van der Waals surface area contributed by atoms with Gasteiger partial charge in [0.05, 0.1) is 36.4 Å². The standard InChI is InChI=1S/C22H25N7O/c1-15-13-30-11-10-29(15)19-12-17(22(14-23)4-8-24-9-5-22)16-2-6-25-21(20(16)27-19)18-3-7-26-28-18/h2-3,6-7,12,15,24H,4-5,8-11,13H2,1H3,(H,26,28)/t15-/m1/s1. The van der Waals surface area contributed by atoms with Crippen LogP contribution in [0.4, 0.5) is 5.82 Å². The Balaban J connectivity index is 1.77. The minimum atomic E-state index is -0.538. The van der Waals surface area contributed by atoms with Gasteiger partial charge in [-0.2, -0.15) is 10.4 Å². The molecule has 2 fully saturated rings. The lowest BCUT2D eigenvalue weighted by Crippen LogP contribution is -2.44. The Bertz CT molecular complexity index is 1080. The van der Waals surface area contributed by atoms with Gasteiger partial charge in [0.15, 0.2) is 0 Å². The lowest BCUT2D eigenvalue weighted by molar-refractivity contribution is 0.0985. The minimum absolute atomic E-state index is 0.217. The van der Waals surface area contributed by atoms with Gasteiger partial charge in [0.25, 0.3) is 0 Å². The van der Waals surface area contributed by atoms with Crippen molar-refractivity contribution >= 4 is 16.7 Å². The van der Waals surface area contributed by atoms with Crippen LogP contribution in [0.15, 0.2) is 30.6 Å². The van der Waals surface area contributed by atoms with Crippen molar-refractivity contribution in [2.45, 2.75) is 31.2 Å². The van der Waals surface area contributed by atoms with Crippen molar-refractivity contribution in [3.63, 3.8) is 0 Å². The summed E-state index contributed by atoms with van der Waals surface area (Å²) in [6.07, 6.45) is 5.08. The molecule has 2 aliphatic rings. The van der Waals surface area contributed by atoms with Gasteiger partial charge in [-0.15, -0.1) is 0 Å². The highest BCUT2D eigenvalue weighted by Gasteiger charge is 2.37. The van der Waals surface area contributed by atoms with Crippen LogP contribution in [0.2, 0.25) is 0 Å². The number of pyridine rings is 2. The predicted octanol–water partition coefficient (Wildman–Crippen LogP) is 2.39. The monoisotopic (exact) mass is 403 g/mol. The zero-order valence-electron chi connectivity index (χ0n) is 17.1. The third-order valence-corrected chi connectivity index (χ3v) is 6.32. The molecular formula is C22H25N7O. The predicted molar refractivity (Wildman–Crippen MR) is 114 cm³/mol. The molecule has 0 amide bonds. The number of aromatic amines is 1. The lowest BCUT2D eigenvalue weighted by atomic mass is 9.73. The molecular weight excluding hydrogens is 378 g/mol. The summed E-state index contributed by atoms with van der Waals surface area (Å²) in [5.74, 6) is 0.884. The van der Waals surface area contributed by atoms with Crippen molar-refractivity contribution in [2.75, 3.05) is 37.7 Å². The maximum atomic E-state index is 10.3. The maximum absolute atomic E-state index is 10.3. The summed E-state index contributed by atoms with van der Waals surface area (Å²) >= 11 is 0. The van der Waals surface area contributed by atoms with Crippen molar-refractivity contribution in [2.24, 2.45) is 0 Å². The molecule has 30 heavy (non-hydrogen) atoms. The molecule has 5 heterocycles. The number of rotatable bonds is 3. The molecule has 8 heteroatoms. The first-order valence-electron chi connectivity index (χ1n) is 10.5. The summed E-state index contributed by atoms with van der Waals surface area (Å²) in [5, 5.41) is 21.8. The van der Waals surface area contributed by atoms with Crippen LogP contribution in [0.25, 0.3) is 22.3 Å². The Morgan fingerprint density at radius 2 is 2.13 bits per heavy atom. The van der Waals surface area contributed by atoms with Gasteiger partial charge in [-0.3, -0.25) is 10.1 Å². The number of ether oxygens (including phenoxy) is 1. The first-order chi connectivity index (χ1) is 14.7. The van der Waals surface area contributed by atoms with Gasteiger partial charge in [-0.05, 0) is 56.6 Å². The number of hydrogen-bond acceptors (Lipinski definition) is 7. The van der Waals surface area contributed by atoms with Gasteiger partial charge in [-0.1, -0.05) is 0 Å². The fourth-order valence-electron chi connectivity index (χ4n) is 4.63. The van der Waals surface area contributed by atoms with E-state index in [9.17, 15) is 5.26 Å². The zero-order valence-corrected chi connectivity index (χ0v) is 17.1. The molecule has 3 aromatic heterocycles. The average Bonchev–Trinajstić information content (AvgIpc) is 3.33. The molecule has 2 saturated heterocycles. The third-order valence-electron chi connectivity index (χ3n) is 6.32. The van der Waals surface area contributed by atoms with E-state index in [1.807, 2.05) is 12.1 Å². The van der Waals surface area contributed by atoms with Crippen LogP contribution < -0.4 is 10.2 Å². The van der Waals surface area contributed by atoms with Crippen molar-refractivity contribution < 1.29 is 4.74 Å². The second-order valence-corrected chi connectivity index (χ2v) is 8.12. The number of anilines is 1. The smallest absolute Gasteiger partial charge is 0.130 e. The van der Waals surface area contributed by atoms with Crippen molar-refractivity contribution in [1.82, 2.24) is 25.5 Å². The van der Waals surface area contributed by atoms with Crippen LogP contribution in [0.1, 0.15) is 25.3 Å². The van der Waals surface area contributed by atoms with E-state index in [1.54, 1.807) is 12.4 Å². The van der Waals surface area contributed by atoms with Gasteiger partial charge in [0.2, 0.25) is 0 Å². The number of nitriles is 1. The Kier molecular flexibility index (Phi) is 4.85. The second-order valence-electron chi connectivity index (χ2n) is 8.12. The quantitative estimate of drug-likeness (QED) is 0.692.